The fourth-order valence-corrected chi connectivity index (χ4v) is 0.375. The van der Waals surface area contributed by atoms with E-state index in [0.29, 0.717) is 5.56 Å². The van der Waals surface area contributed by atoms with Crippen LogP contribution in [-0.2, 0) is 0 Å². The summed E-state index contributed by atoms with van der Waals surface area (Å²) in [4.78, 5) is 10.1. The van der Waals surface area contributed by atoms with Crippen molar-refractivity contribution in [1.29, 1.82) is 0 Å². The molecule has 0 saturated heterocycles. The first-order valence-corrected chi connectivity index (χ1v) is 2.05. The Morgan fingerprint density at radius 2 is 2.44 bits per heavy atom. The third kappa shape index (κ3) is 2.17. The van der Waals surface area contributed by atoms with E-state index >= 15 is 0 Å². The van der Waals surface area contributed by atoms with Crippen molar-refractivity contribution in [3.63, 3.8) is 0 Å². The maximum atomic E-state index is 10.1. The molecule has 0 aliphatic heterocycles. The van der Waals surface area contributed by atoms with Gasteiger partial charge in [0.25, 0.3) is 0 Å². The predicted octanol–water partition coefficient (Wildman–Crippen LogP) is -2.39. The second-order valence-electron chi connectivity index (χ2n) is 1.32. The number of carbonyl (C=O) groups excluding carboxylic acids is 1. The SMILES string of the molecule is [NH-]C(=O)c1cn[nH]c1.[Na+]. The molecule has 1 aromatic rings. The number of amides is 1. The molecule has 0 atom stereocenters. The average Bonchev–Trinajstić information content (AvgIpc) is 2.12. The van der Waals surface area contributed by atoms with Crippen molar-refractivity contribution >= 4 is 5.91 Å². The normalized spacial score (nSPS) is 8.00. The minimum Gasteiger partial charge on any atom is -0.663 e. The van der Waals surface area contributed by atoms with Crippen LogP contribution < -0.4 is 29.6 Å². The molecule has 2 N–H and O–H groups in total. The molecule has 5 heteroatoms. The summed E-state index contributed by atoms with van der Waals surface area (Å²) in [6, 6.07) is 0. The van der Waals surface area contributed by atoms with Crippen molar-refractivity contribution in [3.05, 3.63) is 23.7 Å². The molecule has 0 unspecified atom stereocenters. The Bertz CT molecular complexity index is 184. The molecule has 0 aliphatic rings. The van der Waals surface area contributed by atoms with Gasteiger partial charge in [0.05, 0.1) is 12.1 Å². The predicted molar refractivity (Wildman–Crippen MR) is 27.2 cm³/mol. The van der Waals surface area contributed by atoms with Crippen LogP contribution in [0.4, 0.5) is 0 Å². The van der Waals surface area contributed by atoms with Crippen LogP contribution in [-0.4, -0.2) is 16.1 Å². The van der Waals surface area contributed by atoms with Crippen molar-refractivity contribution in [1.82, 2.24) is 10.2 Å². The summed E-state index contributed by atoms with van der Waals surface area (Å²) in [5, 5.41) is 5.90. The number of carbonyl (C=O) groups is 1. The monoisotopic (exact) mass is 133 g/mol. The number of H-pyrrole nitrogens is 1. The van der Waals surface area contributed by atoms with Gasteiger partial charge < -0.3 is 10.5 Å². The molecule has 9 heavy (non-hydrogen) atoms. The Balaban J connectivity index is 0.000000640. The smallest absolute Gasteiger partial charge is 0.663 e. The van der Waals surface area contributed by atoms with Crippen molar-refractivity contribution in [2.75, 3.05) is 0 Å². The molecule has 0 spiro atoms. The molecule has 0 fully saturated rings. The standard InChI is InChI=1S/C4H5N3O.Na/c5-4(8)3-1-6-7-2-3;/h1-2H,(H3,5,6,7,8);/q;+1/p-1. The van der Waals surface area contributed by atoms with Crippen LogP contribution in [0.1, 0.15) is 10.4 Å². The van der Waals surface area contributed by atoms with E-state index in [2.05, 4.69) is 10.2 Å². The number of hydrogen-bond acceptors (Lipinski definition) is 2. The van der Waals surface area contributed by atoms with E-state index < -0.39 is 5.91 Å². The number of rotatable bonds is 1. The minimum atomic E-state index is -0.709. The molecular weight excluding hydrogens is 129 g/mol. The van der Waals surface area contributed by atoms with Gasteiger partial charge >= 0.3 is 29.6 Å². The van der Waals surface area contributed by atoms with Crippen LogP contribution in [0.2, 0.25) is 0 Å². The fraction of sp³-hybridized carbons (Fsp3) is 0. The van der Waals surface area contributed by atoms with Crippen LogP contribution in [0.3, 0.4) is 0 Å². The van der Waals surface area contributed by atoms with Gasteiger partial charge in [-0.2, -0.15) is 5.10 Å². The van der Waals surface area contributed by atoms with Gasteiger partial charge in [0.1, 0.15) is 0 Å². The Kier molecular flexibility index (Phi) is 3.53. The zero-order chi connectivity index (χ0) is 5.98. The van der Waals surface area contributed by atoms with Gasteiger partial charge in [-0.1, -0.05) is 0 Å². The zero-order valence-corrected chi connectivity index (χ0v) is 7.01. The first-order chi connectivity index (χ1) is 3.80. The maximum absolute atomic E-state index is 10.1. The molecule has 1 aromatic heterocycles. The van der Waals surface area contributed by atoms with Gasteiger partial charge in [0, 0.05) is 11.8 Å². The zero-order valence-electron chi connectivity index (χ0n) is 5.01. The molecule has 1 rings (SSSR count). The van der Waals surface area contributed by atoms with Crippen LogP contribution in [0, 0.1) is 0 Å². The van der Waals surface area contributed by atoms with Crippen molar-refractivity contribution in [2.45, 2.75) is 0 Å². The summed E-state index contributed by atoms with van der Waals surface area (Å²) in [7, 11) is 0. The van der Waals surface area contributed by atoms with Crippen LogP contribution in [0.5, 0.6) is 0 Å². The Morgan fingerprint density at radius 3 is 2.67 bits per heavy atom. The first-order valence-electron chi connectivity index (χ1n) is 2.05. The Hall–Kier alpha value is -0.320. The van der Waals surface area contributed by atoms with Crippen LogP contribution >= 0.6 is 0 Å². The molecular formula is C4H4N3NaO. The number of hydrogen-bond donors (Lipinski definition) is 1. The quantitative estimate of drug-likeness (QED) is 0.434. The van der Waals surface area contributed by atoms with Crippen molar-refractivity contribution < 1.29 is 34.4 Å². The van der Waals surface area contributed by atoms with Gasteiger partial charge in [-0.05, 0) is 0 Å². The molecule has 0 aromatic carbocycles. The third-order valence-corrected chi connectivity index (χ3v) is 0.760. The van der Waals surface area contributed by atoms with E-state index in [1.54, 1.807) is 0 Å². The van der Waals surface area contributed by atoms with E-state index in [0.717, 1.165) is 0 Å². The maximum Gasteiger partial charge on any atom is 1.00 e. The van der Waals surface area contributed by atoms with Gasteiger partial charge in [0.15, 0.2) is 0 Å². The molecule has 1 heterocycles. The number of aromatic amines is 1. The molecule has 4 nitrogen and oxygen atoms in total. The molecule has 1 amide bonds. The topological polar surface area (TPSA) is 69.6 Å². The Labute approximate surface area is 74.1 Å². The average molecular weight is 133 g/mol. The largest absolute Gasteiger partial charge is 1.00 e. The first kappa shape index (κ1) is 8.68. The van der Waals surface area contributed by atoms with E-state index in [1.807, 2.05) is 0 Å². The Morgan fingerprint density at radius 1 is 1.78 bits per heavy atom. The molecule has 0 bridgehead atoms. The van der Waals surface area contributed by atoms with Crippen LogP contribution in [0.15, 0.2) is 12.4 Å². The molecule has 0 aliphatic carbocycles. The van der Waals surface area contributed by atoms with Crippen LogP contribution in [0.25, 0.3) is 5.73 Å². The fourth-order valence-electron chi connectivity index (χ4n) is 0.375. The van der Waals surface area contributed by atoms with E-state index in [-0.39, 0.29) is 29.6 Å². The van der Waals surface area contributed by atoms with Crippen molar-refractivity contribution in [2.24, 2.45) is 0 Å². The second kappa shape index (κ2) is 3.66. The van der Waals surface area contributed by atoms with E-state index in [1.165, 1.54) is 12.4 Å². The number of aromatic nitrogens is 2. The van der Waals surface area contributed by atoms with Gasteiger partial charge in [-0.25, -0.2) is 0 Å². The molecule has 42 valence electrons. The van der Waals surface area contributed by atoms with Crippen molar-refractivity contribution in [3.8, 4) is 0 Å². The van der Waals surface area contributed by atoms with E-state index in [9.17, 15) is 4.79 Å². The number of nitrogens with one attached hydrogen (secondary N) is 2. The molecule has 0 saturated carbocycles. The van der Waals surface area contributed by atoms with Gasteiger partial charge in [-0.3, -0.25) is 5.10 Å². The summed E-state index contributed by atoms with van der Waals surface area (Å²) >= 11 is 0. The van der Waals surface area contributed by atoms with E-state index in [4.69, 9.17) is 5.73 Å². The van der Waals surface area contributed by atoms with Gasteiger partial charge in [-0.15, -0.1) is 0 Å². The number of nitrogens with zero attached hydrogens (tertiary/aromatic N) is 1. The second-order valence-corrected chi connectivity index (χ2v) is 1.32. The third-order valence-electron chi connectivity index (χ3n) is 0.760. The summed E-state index contributed by atoms with van der Waals surface area (Å²) in [6.07, 6.45) is 2.70. The summed E-state index contributed by atoms with van der Waals surface area (Å²) in [5.41, 5.74) is 6.83. The summed E-state index contributed by atoms with van der Waals surface area (Å²) in [5.74, 6) is -0.709. The summed E-state index contributed by atoms with van der Waals surface area (Å²) in [6.45, 7) is 0. The molecule has 0 radical (unpaired) electrons. The minimum absolute atomic E-state index is 0. The van der Waals surface area contributed by atoms with Gasteiger partial charge in [0.2, 0.25) is 0 Å². The summed E-state index contributed by atoms with van der Waals surface area (Å²) < 4.78 is 0.